The highest BCUT2D eigenvalue weighted by Gasteiger charge is 2.22. The van der Waals surface area contributed by atoms with Gasteiger partial charge in [0.1, 0.15) is 0 Å². The highest BCUT2D eigenvalue weighted by molar-refractivity contribution is 6.30. The summed E-state index contributed by atoms with van der Waals surface area (Å²) >= 11 is 5.91. The van der Waals surface area contributed by atoms with Gasteiger partial charge in [-0.1, -0.05) is 11.6 Å². The maximum atomic E-state index is 11.7. The van der Waals surface area contributed by atoms with Crippen molar-refractivity contribution in [2.75, 3.05) is 32.8 Å². The van der Waals surface area contributed by atoms with Crippen molar-refractivity contribution in [3.8, 4) is 5.69 Å². The molecule has 2 aromatic rings. The molecule has 24 heavy (non-hydrogen) atoms. The molecule has 0 aliphatic carbocycles. The van der Waals surface area contributed by atoms with E-state index < -0.39 is 0 Å². The topological polar surface area (TPSA) is 50.6 Å². The normalized spacial score (nSPS) is 15.5. The Labute approximate surface area is 146 Å². The van der Waals surface area contributed by atoms with Crippen LogP contribution in [0.3, 0.4) is 0 Å². The van der Waals surface area contributed by atoms with Crippen molar-refractivity contribution >= 4 is 17.7 Å². The average Bonchev–Trinajstić information content (AvgIpc) is 3.05. The summed E-state index contributed by atoms with van der Waals surface area (Å²) in [6, 6.07) is 7.59. The number of halogens is 1. The Balaban J connectivity index is 1.54. The lowest BCUT2D eigenvalue weighted by Crippen LogP contribution is -2.48. The van der Waals surface area contributed by atoms with Gasteiger partial charge < -0.3 is 9.64 Å². The predicted molar refractivity (Wildman–Crippen MR) is 92.4 cm³/mol. The molecule has 1 saturated heterocycles. The fourth-order valence-electron chi connectivity index (χ4n) is 2.74. The molecule has 1 aliphatic rings. The molecule has 0 unspecified atom stereocenters. The Morgan fingerprint density at radius 3 is 2.58 bits per heavy atom. The van der Waals surface area contributed by atoms with Crippen LogP contribution >= 0.6 is 11.6 Å². The van der Waals surface area contributed by atoms with Gasteiger partial charge in [-0.2, -0.15) is 5.10 Å². The summed E-state index contributed by atoms with van der Waals surface area (Å²) in [5.74, 6) is 0. The molecule has 0 radical (unpaired) electrons. The van der Waals surface area contributed by atoms with Crippen LogP contribution in [0.2, 0.25) is 5.02 Å². The molecule has 0 atom stereocenters. The Morgan fingerprint density at radius 2 is 1.92 bits per heavy atom. The summed E-state index contributed by atoms with van der Waals surface area (Å²) in [6.45, 7) is 6.14. The largest absolute Gasteiger partial charge is 0.450 e. The third-order valence-electron chi connectivity index (χ3n) is 4.03. The van der Waals surface area contributed by atoms with Crippen LogP contribution in [0.25, 0.3) is 5.69 Å². The zero-order valence-corrected chi connectivity index (χ0v) is 14.4. The zero-order valence-electron chi connectivity index (χ0n) is 13.7. The molecule has 1 aromatic carbocycles. The van der Waals surface area contributed by atoms with Crippen molar-refractivity contribution < 1.29 is 9.53 Å². The number of carbonyl (C=O) groups is 1. The quantitative estimate of drug-likeness (QED) is 0.852. The lowest BCUT2D eigenvalue weighted by Gasteiger charge is -2.33. The second kappa shape index (κ2) is 7.68. The molecule has 0 bridgehead atoms. The van der Waals surface area contributed by atoms with Gasteiger partial charge in [-0.05, 0) is 31.2 Å². The van der Waals surface area contributed by atoms with E-state index in [-0.39, 0.29) is 6.09 Å². The Kier molecular flexibility index (Phi) is 5.37. The van der Waals surface area contributed by atoms with Gasteiger partial charge in [0.2, 0.25) is 0 Å². The summed E-state index contributed by atoms with van der Waals surface area (Å²) in [6.07, 6.45) is 3.69. The average molecular weight is 349 g/mol. The van der Waals surface area contributed by atoms with E-state index in [0.29, 0.717) is 24.7 Å². The Hall–Kier alpha value is -2.05. The van der Waals surface area contributed by atoms with E-state index >= 15 is 0 Å². The van der Waals surface area contributed by atoms with Gasteiger partial charge >= 0.3 is 6.09 Å². The van der Waals surface area contributed by atoms with Crippen molar-refractivity contribution in [1.82, 2.24) is 19.6 Å². The van der Waals surface area contributed by atoms with Crippen LogP contribution in [0, 0.1) is 0 Å². The first-order valence-electron chi connectivity index (χ1n) is 8.09. The molecule has 3 rings (SSSR count). The molecule has 6 nitrogen and oxygen atoms in total. The third kappa shape index (κ3) is 4.07. The summed E-state index contributed by atoms with van der Waals surface area (Å²) in [7, 11) is 0. The molecule has 1 aromatic heterocycles. The second-order valence-electron chi connectivity index (χ2n) is 5.73. The number of carbonyl (C=O) groups excluding carboxylic acids is 1. The van der Waals surface area contributed by atoms with E-state index in [2.05, 4.69) is 10.00 Å². The number of hydrogen-bond donors (Lipinski definition) is 0. The van der Waals surface area contributed by atoms with Crippen LogP contribution in [0.15, 0.2) is 36.7 Å². The molecule has 1 fully saturated rings. The fourth-order valence-corrected chi connectivity index (χ4v) is 2.86. The first-order valence-corrected chi connectivity index (χ1v) is 8.47. The maximum Gasteiger partial charge on any atom is 0.409 e. The minimum absolute atomic E-state index is 0.215. The third-order valence-corrected chi connectivity index (χ3v) is 4.28. The number of ether oxygens (including phenoxy) is 1. The number of rotatable bonds is 4. The Bertz CT molecular complexity index is 678. The minimum Gasteiger partial charge on any atom is -0.450 e. The fraction of sp³-hybridized carbons (Fsp3) is 0.412. The molecule has 0 N–H and O–H groups in total. The van der Waals surface area contributed by atoms with Gasteiger partial charge in [-0.15, -0.1) is 0 Å². The predicted octanol–water partition coefficient (Wildman–Crippen LogP) is 2.80. The van der Waals surface area contributed by atoms with E-state index in [4.69, 9.17) is 16.3 Å². The number of piperazine rings is 1. The van der Waals surface area contributed by atoms with E-state index in [9.17, 15) is 4.79 Å². The molecular weight excluding hydrogens is 328 g/mol. The molecule has 0 saturated carbocycles. The van der Waals surface area contributed by atoms with Crippen molar-refractivity contribution in [2.24, 2.45) is 0 Å². The first kappa shape index (κ1) is 16.8. The van der Waals surface area contributed by atoms with Crippen molar-refractivity contribution in [2.45, 2.75) is 13.5 Å². The number of benzene rings is 1. The highest BCUT2D eigenvalue weighted by atomic mass is 35.5. The highest BCUT2D eigenvalue weighted by Crippen LogP contribution is 2.15. The number of nitrogens with zero attached hydrogens (tertiary/aromatic N) is 4. The smallest absolute Gasteiger partial charge is 0.409 e. The van der Waals surface area contributed by atoms with Crippen molar-refractivity contribution in [1.29, 1.82) is 0 Å². The van der Waals surface area contributed by atoms with Gasteiger partial charge in [0.05, 0.1) is 18.5 Å². The van der Waals surface area contributed by atoms with E-state index in [1.807, 2.05) is 48.3 Å². The molecule has 0 spiro atoms. The maximum absolute atomic E-state index is 11.7. The summed E-state index contributed by atoms with van der Waals surface area (Å²) in [5.41, 5.74) is 2.13. The van der Waals surface area contributed by atoms with Crippen LogP contribution in [-0.4, -0.2) is 58.5 Å². The van der Waals surface area contributed by atoms with Crippen LogP contribution in [0.5, 0.6) is 0 Å². The molecule has 7 heteroatoms. The summed E-state index contributed by atoms with van der Waals surface area (Å²) < 4.78 is 6.89. The van der Waals surface area contributed by atoms with Crippen LogP contribution in [0.4, 0.5) is 4.79 Å². The van der Waals surface area contributed by atoms with Gasteiger partial charge in [-0.3, -0.25) is 4.90 Å². The van der Waals surface area contributed by atoms with Crippen LogP contribution in [-0.2, 0) is 11.3 Å². The number of amides is 1. The molecular formula is C17H21ClN4O2. The van der Waals surface area contributed by atoms with E-state index in [1.54, 1.807) is 4.90 Å². The summed E-state index contributed by atoms with van der Waals surface area (Å²) in [4.78, 5) is 15.8. The van der Waals surface area contributed by atoms with Gasteiger partial charge in [0.15, 0.2) is 0 Å². The molecule has 1 amide bonds. The molecule has 1 aliphatic heterocycles. The monoisotopic (exact) mass is 348 g/mol. The number of hydrogen-bond acceptors (Lipinski definition) is 4. The first-order chi connectivity index (χ1) is 11.7. The lowest BCUT2D eigenvalue weighted by atomic mass is 10.2. The lowest BCUT2D eigenvalue weighted by molar-refractivity contribution is 0.0778. The van der Waals surface area contributed by atoms with Crippen molar-refractivity contribution in [3.63, 3.8) is 0 Å². The van der Waals surface area contributed by atoms with Crippen molar-refractivity contribution in [3.05, 3.63) is 47.2 Å². The van der Waals surface area contributed by atoms with E-state index in [1.165, 1.54) is 0 Å². The number of aromatic nitrogens is 2. The van der Waals surface area contributed by atoms with Crippen LogP contribution < -0.4 is 0 Å². The SMILES string of the molecule is CCOC(=O)N1CCN(Cc2cnn(-c3ccc(Cl)cc3)c2)CC1. The molecule has 2 heterocycles. The van der Waals surface area contributed by atoms with Gasteiger partial charge in [-0.25, -0.2) is 9.48 Å². The van der Waals surface area contributed by atoms with Gasteiger partial charge in [0.25, 0.3) is 0 Å². The second-order valence-corrected chi connectivity index (χ2v) is 6.17. The standard InChI is InChI=1S/C17H21ClN4O2/c1-2-24-17(23)21-9-7-20(8-10-21)12-14-11-19-22(13-14)16-5-3-15(18)4-6-16/h3-6,11,13H,2,7-10,12H2,1H3. The zero-order chi connectivity index (χ0) is 16.9. The van der Waals surface area contributed by atoms with Gasteiger partial charge in [0, 0.05) is 49.5 Å². The summed E-state index contributed by atoms with van der Waals surface area (Å²) in [5, 5.41) is 5.13. The van der Waals surface area contributed by atoms with Crippen LogP contribution in [0.1, 0.15) is 12.5 Å². The van der Waals surface area contributed by atoms with E-state index in [0.717, 1.165) is 30.9 Å². The Morgan fingerprint density at radius 1 is 1.21 bits per heavy atom. The molecule has 128 valence electrons. The minimum atomic E-state index is -0.215.